The van der Waals surface area contributed by atoms with E-state index in [0.29, 0.717) is 24.5 Å². The molecule has 0 aliphatic carbocycles. The van der Waals surface area contributed by atoms with Gasteiger partial charge in [0.05, 0.1) is 6.10 Å². The molecule has 2 unspecified atom stereocenters. The number of halogens is 4. The van der Waals surface area contributed by atoms with E-state index < -0.39 is 23.3 Å². The number of rotatable bonds is 7. The molecule has 0 N–H and O–H groups in total. The van der Waals surface area contributed by atoms with Crippen molar-refractivity contribution in [3.05, 3.63) is 66.0 Å². The molecule has 1 saturated heterocycles. The molecule has 1 aliphatic rings. The van der Waals surface area contributed by atoms with Crippen LogP contribution in [0.2, 0.25) is 0 Å². The first-order chi connectivity index (χ1) is 14.3. The van der Waals surface area contributed by atoms with Gasteiger partial charge in [0.2, 0.25) is 0 Å². The fourth-order valence-corrected chi connectivity index (χ4v) is 3.65. The molecular formula is C24H26F4O2. The summed E-state index contributed by atoms with van der Waals surface area (Å²) in [5, 5.41) is 0. The minimum atomic E-state index is -4.87. The van der Waals surface area contributed by atoms with E-state index in [4.69, 9.17) is 9.47 Å². The van der Waals surface area contributed by atoms with Crippen LogP contribution in [-0.2, 0) is 10.9 Å². The highest BCUT2D eigenvalue weighted by molar-refractivity contribution is 5.67. The number of hydrogen-bond acceptors (Lipinski definition) is 2. The Hall–Kier alpha value is -2.34. The molecule has 0 spiro atoms. The van der Waals surface area contributed by atoms with Crippen LogP contribution in [0, 0.1) is 18.7 Å². The van der Waals surface area contributed by atoms with Crippen molar-refractivity contribution in [1.82, 2.24) is 0 Å². The first kappa shape index (κ1) is 22.3. The largest absolute Gasteiger partial charge is 0.490 e. The lowest BCUT2D eigenvalue weighted by atomic mass is 9.94. The Morgan fingerprint density at radius 3 is 2.47 bits per heavy atom. The van der Waals surface area contributed by atoms with Gasteiger partial charge in [-0.1, -0.05) is 35.9 Å². The standard InChI is InChI=1S/C24H26F4O2/c1-3-4-5-17-8-11-19(29-14-17)15-30-21-13-12-20(18-9-6-16(2)7-10-18)23(25)22(21)24(26,27)28/h3,6-7,9-10,12-13,17,19H,1,4-5,8,11,14-15H2,2H3. The third-order valence-corrected chi connectivity index (χ3v) is 5.42. The van der Waals surface area contributed by atoms with Crippen molar-refractivity contribution in [1.29, 1.82) is 0 Å². The summed E-state index contributed by atoms with van der Waals surface area (Å²) < 4.78 is 67.0. The third-order valence-electron chi connectivity index (χ3n) is 5.42. The minimum Gasteiger partial charge on any atom is -0.490 e. The second-order valence-electron chi connectivity index (χ2n) is 7.74. The lowest BCUT2D eigenvalue weighted by molar-refractivity contribution is -0.141. The number of benzene rings is 2. The average molecular weight is 422 g/mol. The molecule has 2 atom stereocenters. The third kappa shape index (κ3) is 5.42. The van der Waals surface area contributed by atoms with Gasteiger partial charge in [-0.25, -0.2) is 4.39 Å². The fraction of sp³-hybridized carbons (Fsp3) is 0.417. The summed E-state index contributed by atoms with van der Waals surface area (Å²) in [6.45, 7) is 6.07. The van der Waals surface area contributed by atoms with Crippen molar-refractivity contribution in [3.63, 3.8) is 0 Å². The molecule has 2 aromatic carbocycles. The van der Waals surface area contributed by atoms with Crippen molar-refractivity contribution in [2.45, 2.75) is 44.9 Å². The molecule has 162 valence electrons. The summed E-state index contributed by atoms with van der Waals surface area (Å²) in [6.07, 6.45) is 0.219. The molecule has 3 rings (SSSR count). The minimum absolute atomic E-state index is 0.0411. The molecule has 2 nitrogen and oxygen atoms in total. The summed E-state index contributed by atoms with van der Waals surface area (Å²) in [7, 11) is 0. The van der Waals surface area contributed by atoms with Gasteiger partial charge in [-0.05, 0) is 56.2 Å². The maximum Gasteiger partial charge on any atom is 0.422 e. The monoisotopic (exact) mass is 422 g/mol. The van der Waals surface area contributed by atoms with E-state index in [1.807, 2.05) is 13.0 Å². The molecule has 0 radical (unpaired) electrons. The van der Waals surface area contributed by atoms with Gasteiger partial charge in [-0.3, -0.25) is 0 Å². The summed E-state index contributed by atoms with van der Waals surface area (Å²) in [5.74, 6) is -1.40. The van der Waals surface area contributed by atoms with Gasteiger partial charge in [0, 0.05) is 12.2 Å². The van der Waals surface area contributed by atoms with E-state index in [1.165, 1.54) is 12.1 Å². The van der Waals surface area contributed by atoms with Crippen LogP contribution in [0.3, 0.4) is 0 Å². The first-order valence-electron chi connectivity index (χ1n) is 10.1. The van der Waals surface area contributed by atoms with Crippen molar-refractivity contribution in [2.24, 2.45) is 5.92 Å². The lowest BCUT2D eigenvalue weighted by Crippen LogP contribution is -2.31. The maximum atomic E-state index is 14.9. The maximum absolute atomic E-state index is 14.9. The molecular weight excluding hydrogens is 396 g/mol. The molecule has 6 heteroatoms. The van der Waals surface area contributed by atoms with E-state index in [0.717, 1.165) is 24.8 Å². The molecule has 30 heavy (non-hydrogen) atoms. The number of hydrogen-bond donors (Lipinski definition) is 0. The van der Waals surface area contributed by atoms with Crippen LogP contribution in [0.25, 0.3) is 11.1 Å². The summed E-state index contributed by atoms with van der Waals surface area (Å²) in [5.41, 5.74) is -0.153. The summed E-state index contributed by atoms with van der Waals surface area (Å²) >= 11 is 0. The molecule has 2 aromatic rings. The van der Waals surface area contributed by atoms with Gasteiger partial charge in [0.15, 0.2) is 0 Å². The van der Waals surface area contributed by atoms with E-state index in [2.05, 4.69) is 6.58 Å². The van der Waals surface area contributed by atoms with Gasteiger partial charge in [-0.15, -0.1) is 6.58 Å². The number of aryl methyl sites for hydroxylation is 1. The average Bonchev–Trinajstić information content (AvgIpc) is 2.71. The summed E-state index contributed by atoms with van der Waals surface area (Å²) in [6, 6.07) is 9.19. The topological polar surface area (TPSA) is 18.5 Å². The van der Waals surface area contributed by atoms with Gasteiger partial charge in [0.1, 0.15) is 23.7 Å². The van der Waals surface area contributed by atoms with Crippen LogP contribution in [0.5, 0.6) is 5.75 Å². The molecule has 1 heterocycles. The lowest BCUT2D eigenvalue weighted by Gasteiger charge is -2.29. The first-order valence-corrected chi connectivity index (χ1v) is 10.1. The van der Waals surface area contributed by atoms with E-state index in [9.17, 15) is 17.6 Å². The number of ether oxygens (including phenoxy) is 2. The molecule has 0 saturated carbocycles. The molecule has 0 aromatic heterocycles. The Morgan fingerprint density at radius 1 is 1.13 bits per heavy atom. The molecule has 0 bridgehead atoms. The number of allylic oxidation sites excluding steroid dienone is 1. The highest BCUT2D eigenvalue weighted by Gasteiger charge is 2.39. The van der Waals surface area contributed by atoms with Crippen LogP contribution in [0.1, 0.15) is 36.8 Å². The van der Waals surface area contributed by atoms with Crippen LogP contribution in [0.15, 0.2) is 49.1 Å². The van der Waals surface area contributed by atoms with E-state index in [-0.39, 0.29) is 18.3 Å². The Bertz CT molecular complexity index is 851. The Labute approximate surface area is 174 Å². The van der Waals surface area contributed by atoms with Crippen molar-refractivity contribution >= 4 is 0 Å². The Kier molecular flexibility index (Phi) is 7.19. The second kappa shape index (κ2) is 9.65. The van der Waals surface area contributed by atoms with Crippen molar-refractivity contribution in [3.8, 4) is 16.9 Å². The zero-order valence-electron chi connectivity index (χ0n) is 17.0. The van der Waals surface area contributed by atoms with Crippen LogP contribution < -0.4 is 4.74 Å². The van der Waals surface area contributed by atoms with Gasteiger partial charge in [-0.2, -0.15) is 13.2 Å². The van der Waals surface area contributed by atoms with Crippen LogP contribution in [-0.4, -0.2) is 19.3 Å². The van der Waals surface area contributed by atoms with E-state index in [1.54, 1.807) is 24.3 Å². The molecule has 1 aliphatic heterocycles. The van der Waals surface area contributed by atoms with Crippen molar-refractivity contribution < 1.29 is 27.0 Å². The smallest absolute Gasteiger partial charge is 0.422 e. The summed E-state index contributed by atoms with van der Waals surface area (Å²) in [4.78, 5) is 0. The normalized spacial score (nSPS) is 19.5. The van der Waals surface area contributed by atoms with Gasteiger partial charge >= 0.3 is 6.18 Å². The predicted octanol–water partition coefficient (Wildman–Crippen LogP) is 6.96. The SMILES string of the molecule is C=CCCC1CCC(COc2ccc(-c3ccc(C)cc3)c(F)c2C(F)(F)F)OC1. The Morgan fingerprint density at radius 2 is 1.87 bits per heavy atom. The van der Waals surface area contributed by atoms with Crippen molar-refractivity contribution in [2.75, 3.05) is 13.2 Å². The van der Waals surface area contributed by atoms with Crippen LogP contribution in [0.4, 0.5) is 17.6 Å². The van der Waals surface area contributed by atoms with Gasteiger partial charge in [0.25, 0.3) is 0 Å². The second-order valence-corrected chi connectivity index (χ2v) is 7.74. The zero-order valence-corrected chi connectivity index (χ0v) is 17.0. The highest BCUT2D eigenvalue weighted by Crippen LogP contribution is 2.42. The predicted molar refractivity (Wildman–Crippen MR) is 109 cm³/mol. The van der Waals surface area contributed by atoms with Gasteiger partial charge < -0.3 is 9.47 Å². The molecule has 1 fully saturated rings. The van der Waals surface area contributed by atoms with Crippen LogP contribution >= 0.6 is 0 Å². The number of alkyl halides is 3. The Balaban J connectivity index is 1.74. The van der Waals surface area contributed by atoms with E-state index >= 15 is 0 Å². The zero-order chi connectivity index (χ0) is 21.7. The fourth-order valence-electron chi connectivity index (χ4n) is 3.65. The highest BCUT2D eigenvalue weighted by atomic mass is 19.4. The molecule has 0 amide bonds. The quantitative estimate of drug-likeness (QED) is 0.355.